The van der Waals surface area contributed by atoms with E-state index in [0.717, 1.165) is 22.3 Å². The predicted octanol–water partition coefficient (Wildman–Crippen LogP) is 7.32. The highest BCUT2D eigenvalue weighted by Crippen LogP contribution is 2.29. The summed E-state index contributed by atoms with van der Waals surface area (Å²) in [6, 6.07) is 37.6. The summed E-state index contributed by atoms with van der Waals surface area (Å²) in [5.74, 6) is -0.462. The minimum atomic E-state index is -3.94. The molecule has 0 amide bonds. The number of nitrogens with zero attached hydrogens (tertiary/aromatic N) is 1. The van der Waals surface area contributed by atoms with Gasteiger partial charge in [-0.1, -0.05) is 96.5 Å². The molecule has 0 aromatic heterocycles. The molecule has 0 fully saturated rings. The third kappa shape index (κ3) is 9.08. The molecule has 0 aliphatic carbocycles. The molecule has 0 saturated carbocycles. The Bertz CT molecular complexity index is 1880. The number of benzene rings is 5. The number of esters is 1. The van der Waals surface area contributed by atoms with Gasteiger partial charge in [0.25, 0.3) is 0 Å². The highest BCUT2D eigenvalue weighted by molar-refractivity contribution is 7.91. The van der Waals surface area contributed by atoms with Crippen LogP contribution in [0.2, 0.25) is 5.02 Å². The first-order chi connectivity index (χ1) is 22.7. The molecule has 5 rings (SSSR count). The zero-order valence-corrected chi connectivity index (χ0v) is 27.5. The van der Waals surface area contributed by atoms with Crippen molar-refractivity contribution in [2.75, 3.05) is 20.2 Å². The van der Waals surface area contributed by atoms with Crippen LogP contribution in [0.25, 0.3) is 0 Å². The Morgan fingerprint density at radius 2 is 1.45 bits per heavy atom. The van der Waals surface area contributed by atoms with Crippen molar-refractivity contribution in [3.63, 3.8) is 0 Å². The Labute approximate surface area is 280 Å². The number of hydrogen-bond donors (Lipinski definition) is 1. The summed E-state index contributed by atoms with van der Waals surface area (Å²) in [5, 5.41) is 11.6. The Balaban J connectivity index is 1.29. The fraction of sp³-hybridized carbons (Fsp3) is 0.184. The Kier molecular flexibility index (Phi) is 11.5. The van der Waals surface area contributed by atoms with Gasteiger partial charge in [-0.15, -0.1) is 0 Å². The number of carbonyl (C=O) groups excluding carboxylic acids is 1. The monoisotopic (exact) mass is 669 g/mol. The standard InChI is InChI=1S/C38H36ClNO6S/c1-45-38(42)35-24-34(19-20-37(35)46-27-30-11-6-3-7-12-30)47(43,44)33-17-15-28(16-18-33)21-22-40(25-29-9-4-2-5-10-29)26-36(41)31-13-8-14-32(39)23-31/h2-20,23-24,36,41H,21-22,25-27H2,1H3/t36-/m0/s1. The summed E-state index contributed by atoms with van der Waals surface area (Å²) in [5.41, 5.74) is 3.74. The second-order valence-corrected chi connectivity index (χ2v) is 13.5. The molecule has 242 valence electrons. The SMILES string of the molecule is COC(=O)c1cc(S(=O)(=O)c2ccc(CCN(Cc3ccccc3)C[C@H](O)c3cccc(Cl)c3)cc2)ccc1OCc1ccccc1. The van der Waals surface area contributed by atoms with Gasteiger partial charge in [-0.25, -0.2) is 13.2 Å². The first-order valence-corrected chi connectivity index (χ1v) is 17.0. The molecule has 1 N–H and O–H groups in total. The lowest BCUT2D eigenvalue weighted by Crippen LogP contribution is -2.30. The van der Waals surface area contributed by atoms with Crippen LogP contribution in [0.4, 0.5) is 0 Å². The number of rotatable bonds is 14. The van der Waals surface area contributed by atoms with Gasteiger partial charge < -0.3 is 14.6 Å². The van der Waals surface area contributed by atoms with Crippen molar-refractivity contribution in [2.24, 2.45) is 0 Å². The first kappa shape index (κ1) is 33.9. The van der Waals surface area contributed by atoms with Crippen LogP contribution in [0.3, 0.4) is 0 Å². The van der Waals surface area contributed by atoms with Gasteiger partial charge in [0.2, 0.25) is 9.84 Å². The summed E-state index contributed by atoms with van der Waals surface area (Å²) in [7, 11) is -2.71. The summed E-state index contributed by atoms with van der Waals surface area (Å²) in [6.45, 7) is 1.88. The second kappa shape index (κ2) is 15.9. The molecule has 0 aliphatic rings. The molecule has 9 heteroatoms. The van der Waals surface area contributed by atoms with Gasteiger partial charge in [0, 0.05) is 24.7 Å². The van der Waals surface area contributed by atoms with Crippen LogP contribution >= 0.6 is 11.6 Å². The molecule has 0 radical (unpaired) electrons. The number of sulfone groups is 1. The zero-order valence-electron chi connectivity index (χ0n) is 26.0. The topological polar surface area (TPSA) is 93.1 Å². The van der Waals surface area contributed by atoms with Gasteiger partial charge in [0.05, 0.1) is 23.0 Å². The molecular formula is C38H36ClNO6S. The minimum absolute atomic E-state index is 0.0274. The molecular weight excluding hydrogens is 634 g/mol. The Morgan fingerprint density at radius 1 is 0.787 bits per heavy atom. The van der Waals surface area contributed by atoms with Gasteiger partial charge in [-0.05, 0) is 71.1 Å². The normalized spacial score (nSPS) is 12.1. The molecule has 0 spiro atoms. The second-order valence-electron chi connectivity index (χ2n) is 11.1. The fourth-order valence-corrected chi connectivity index (χ4v) is 6.69. The number of ether oxygens (including phenoxy) is 2. The summed E-state index contributed by atoms with van der Waals surface area (Å²) < 4.78 is 38.0. The van der Waals surface area contributed by atoms with Crippen molar-refractivity contribution < 1.29 is 27.8 Å². The number of hydrogen-bond acceptors (Lipinski definition) is 7. The fourth-order valence-electron chi connectivity index (χ4n) is 5.21. The largest absolute Gasteiger partial charge is 0.488 e. The lowest BCUT2D eigenvalue weighted by atomic mass is 10.1. The molecule has 0 unspecified atom stereocenters. The van der Waals surface area contributed by atoms with Crippen molar-refractivity contribution in [1.29, 1.82) is 0 Å². The van der Waals surface area contributed by atoms with E-state index in [1.165, 1.54) is 25.3 Å². The van der Waals surface area contributed by atoms with Gasteiger partial charge >= 0.3 is 5.97 Å². The Morgan fingerprint density at radius 3 is 2.11 bits per heavy atom. The number of carbonyl (C=O) groups is 1. The lowest BCUT2D eigenvalue weighted by Gasteiger charge is -2.25. The first-order valence-electron chi connectivity index (χ1n) is 15.2. The predicted molar refractivity (Wildman–Crippen MR) is 182 cm³/mol. The van der Waals surface area contributed by atoms with Gasteiger partial charge in [0.15, 0.2) is 0 Å². The van der Waals surface area contributed by atoms with Crippen LogP contribution in [0, 0.1) is 0 Å². The molecule has 0 bridgehead atoms. The molecule has 47 heavy (non-hydrogen) atoms. The average molecular weight is 670 g/mol. The van der Waals surface area contributed by atoms with E-state index in [2.05, 4.69) is 4.90 Å². The van der Waals surface area contributed by atoms with E-state index in [1.54, 1.807) is 36.4 Å². The number of halogens is 1. The molecule has 0 aliphatic heterocycles. The van der Waals surface area contributed by atoms with E-state index < -0.39 is 21.9 Å². The molecule has 0 heterocycles. The third-order valence-electron chi connectivity index (χ3n) is 7.77. The average Bonchev–Trinajstić information content (AvgIpc) is 3.10. The quantitative estimate of drug-likeness (QED) is 0.124. The van der Waals surface area contributed by atoms with E-state index in [1.807, 2.05) is 72.8 Å². The molecule has 1 atom stereocenters. The lowest BCUT2D eigenvalue weighted by molar-refractivity contribution is 0.0595. The molecule has 5 aromatic carbocycles. The van der Waals surface area contributed by atoms with E-state index >= 15 is 0 Å². The number of aliphatic hydroxyl groups is 1. The minimum Gasteiger partial charge on any atom is -0.488 e. The Hall–Kier alpha value is -4.47. The van der Waals surface area contributed by atoms with E-state index in [-0.39, 0.29) is 27.7 Å². The molecule has 0 saturated heterocycles. The number of aliphatic hydroxyl groups excluding tert-OH is 1. The van der Waals surface area contributed by atoms with Crippen molar-refractivity contribution in [3.8, 4) is 5.75 Å². The molecule has 7 nitrogen and oxygen atoms in total. The maximum absolute atomic E-state index is 13.6. The van der Waals surface area contributed by atoms with Gasteiger partial charge in [-0.3, -0.25) is 4.90 Å². The van der Waals surface area contributed by atoms with Crippen molar-refractivity contribution >= 4 is 27.4 Å². The maximum atomic E-state index is 13.6. The highest BCUT2D eigenvalue weighted by Gasteiger charge is 2.23. The van der Waals surface area contributed by atoms with Crippen molar-refractivity contribution in [3.05, 3.63) is 160 Å². The van der Waals surface area contributed by atoms with Crippen LogP contribution in [0.1, 0.15) is 38.7 Å². The van der Waals surface area contributed by atoms with E-state index in [0.29, 0.717) is 31.1 Å². The van der Waals surface area contributed by atoms with E-state index in [4.69, 9.17) is 21.1 Å². The third-order valence-corrected chi connectivity index (χ3v) is 9.77. The van der Waals surface area contributed by atoms with Crippen LogP contribution in [0.15, 0.2) is 137 Å². The van der Waals surface area contributed by atoms with Gasteiger partial charge in [-0.2, -0.15) is 0 Å². The van der Waals surface area contributed by atoms with Crippen LogP contribution in [-0.2, 0) is 34.1 Å². The molecule has 5 aromatic rings. The summed E-state index contributed by atoms with van der Waals surface area (Å²) in [4.78, 5) is 14.8. The van der Waals surface area contributed by atoms with Crippen LogP contribution in [0.5, 0.6) is 5.75 Å². The van der Waals surface area contributed by atoms with E-state index in [9.17, 15) is 18.3 Å². The van der Waals surface area contributed by atoms with Crippen LogP contribution < -0.4 is 4.74 Å². The van der Waals surface area contributed by atoms with Crippen molar-refractivity contribution in [1.82, 2.24) is 4.90 Å². The maximum Gasteiger partial charge on any atom is 0.341 e. The summed E-state index contributed by atoms with van der Waals surface area (Å²) in [6.07, 6.45) is -0.0926. The zero-order chi connectivity index (χ0) is 33.2. The number of methoxy groups -OCH3 is 1. The van der Waals surface area contributed by atoms with Crippen molar-refractivity contribution in [2.45, 2.75) is 35.5 Å². The summed E-state index contributed by atoms with van der Waals surface area (Å²) >= 11 is 6.16. The smallest absolute Gasteiger partial charge is 0.341 e. The van der Waals surface area contributed by atoms with Gasteiger partial charge in [0.1, 0.15) is 17.9 Å². The van der Waals surface area contributed by atoms with Crippen LogP contribution in [-0.4, -0.2) is 44.6 Å². The highest BCUT2D eigenvalue weighted by atomic mass is 35.5.